The van der Waals surface area contributed by atoms with Crippen LogP contribution >= 0.6 is 0 Å². The highest BCUT2D eigenvalue weighted by molar-refractivity contribution is 6.02. The first-order valence-electron chi connectivity index (χ1n) is 8.14. The SMILES string of the molecule is O=C(Nc1ccccc1)c1ccnc(Nc2ccc3c(c2)OCCO3)n1. The number of benzene rings is 2. The number of anilines is 3. The van der Waals surface area contributed by atoms with Crippen LogP contribution in [0.2, 0.25) is 0 Å². The Bertz CT molecular complexity index is 931. The van der Waals surface area contributed by atoms with Gasteiger partial charge in [-0.05, 0) is 30.3 Å². The van der Waals surface area contributed by atoms with Gasteiger partial charge in [0.1, 0.15) is 18.9 Å². The molecule has 1 aliphatic heterocycles. The third kappa shape index (κ3) is 3.56. The summed E-state index contributed by atoms with van der Waals surface area (Å²) in [4.78, 5) is 20.8. The van der Waals surface area contributed by atoms with Gasteiger partial charge < -0.3 is 20.1 Å². The maximum atomic E-state index is 12.3. The van der Waals surface area contributed by atoms with Crippen LogP contribution in [0.15, 0.2) is 60.8 Å². The molecule has 0 atom stereocenters. The lowest BCUT2D eigenvalue weighted by Gasteiger charge is -2.19. The van der Waals surface area contributed by atoms with Gasteiger partial charge in [-0.2, -0.15) is 0 Å². The molecule has 0 saturated heterocycles. The molecule has 0 bridgehead atoms. The van der Waals surface area contributed by atoms with E-state index in [1.54, 1.807) is 6.07 Å². The van der Waals surface area contributed by atoms with Gasteiger partial charge in [0.25, 0.3) is 5.91 Å². The molecule has 2 aromatic carbocycles. The molecule has 26 heavy (non-hydrogen) atoms. The highest BCUT2D eigenvalue weighted by atomic mass is 16.6. The molecular formula is C19H16N4O3. The second-order valence-corrected chi connectivity index (χ2v) is 5.57. The first kappa shape index (κ1) is 15.9. The number of ether oxygens (including phenoxy) is 2. The maximum absolute atomic E-state index is 12.3. The van der Waals surface area contributed by atoms with E-state index in [-0.39, 0.29) is 11.6 Å². The lowest BCUT2D eigenvalue weighted by atomic mass is 10.2. The quantitative estimate of drug-likeness (QED) is 0.753. The fourth-order valence-corrected chi connectivity index (χ4v) is 2.51. The van der Waals surface area contributed by atoms with E-state index in [1.807, 2.05) is 48.5 Å². The second-order valence-electron chi connectivity index (χ2n) is 5.57. The van der Waals surface area contributed by atoms with Crippen LogP contribution in [0.5, 0.6) is 11.5 Å². The zero-order valence-electron chi connectivity index (χ0n) is 13.8. The number of hydrogen-bond donors (Lipinski definition) is 2. The summed E-state index contributed by atoms with van der Waals surface area (Å²) in [7, 11) is 0. The maximum Gasteiger partial charge on any atom is 0.274 e. The molecule has 2 heterocycles. The Morgan fingerprint density at radius 1 is 0.923 bits per heavy atom. The summed E-state index contributed by atoms with van der Waals surface area (Å²) in [5.41, 5.74) is 1.72. The van der Waals surface area contributed by atoms with E-state index in [0.717, 1.165) is 5.69 Å². The van der Waals surface area contributed by atoms with E-state index in [1.165, 1.54) is 6.20 Å². The topological polar surface area (TPSA) is 85.4 Å². The van der Waals surface area contributed by atoms with Crippen molar-refractivity contribution in [2.24, 2.45) is 0 Å². The van der Waals surface area contributed by atoms with Gasteiger partial charge in [0.2, 0.25) is 5.95 Å². The van der Waals surface area contributed by atoms with Crippen molar-refractivity contribution in [1.82, 2.24) is 9.97 Å². The zero-order valence-corrected chi connectivity index (χ0v) is 13.8. The normalized spacial score (nSPS) is 12.3. The van der Waals surface area contributed by atoms with Crippen molar-refractivity contribution < 1.29 is 14.3 Å². The predicted octanol–water partition coefficient (Wildman–Crippen LogP) is 3.24. The summed E-state index contributed by atoms with van der Waals surface area (Å²) in [5.74, 6) is 1.39. The minimum absolute atomic E-state index is 0.267. The van der Waals surface area contributed by atoms with E-state index in [4.69, 9.17) is 9.47 Å². The van der Waals surface area contributed by atoms with Gasteiger partial charge in [-0.1, -0.05) is 18.2 Å². The lowest BCUT2D eigenvalue weighted by Crippen LogP contribution is -2.15. The predicted molar refractivity (Wildman–Crippen MR) is 97.1 cm³/mol. The number of rotatable bonds is 4. The number of fused-ring (bicyclic) bond motifs is 1. The van der Waals surface area contributed by atoms with Gasteiger partial charge in [0, 0.05) is 23.6 Å². The molecule has 0 aliphatic carbocycles. The van der Waals surface area contributed by atoms with E-state index in [2.05, 4.69) is 20.6 Å². The second kappa shape index (κ2) is 7.10. The van der Waals surface area contributed by atoms with Gasteiger partial charge in [-0.15, -0.1) is 0 Å². The molecule has 1 aliphatic rings. The molecule has 7 heteroatoms. The van der Waals surface area contributed by atoms with Gasteiger partial charge in [0.15, 0.2) is 11.5 Å². The van der Waals surface area contributed by atoms with Crippen molar-refractivity contribution in [2.75, 3.05) is 23.8 Å². The number of amides is 1. The minimum Gasteiger partial charge on any atom is -0.486 e. The van der Waals surface area contributed by atoms with E-state index >= 15 is 0 Å². The molecule has 1 aromatic heterocycles. The Labute approximate surface area is 150 Å². The summed E-state index contributed by atoms with van der Waals surface area (Å²) in [5, 5.41) is 5.87. The Hall–Kier alpha value is -3.61. The largest absolute Gasteiger partial charge is 0.486 e. The molecule has 130 valence electrons. The van der Waals surface area contributed by atoms with E-state index in [9.17, 15) is 4.79 Å². The van der Waals surface area contributed by atoms with Crippen LogP contribution in [0.4, 0.5) is 17.3 Å². The molecule has 3 aromatic rings. The van der Waals surface area contributed by atoms with Crippen molar-refractivity contribution in [3.63, 3.8) is 0 Å². The Morgan fingerprint density at radius 3 is 2.58 bits per heavy atom. The molecule has 0 unspecified atom stereocenters. The van der Waals surface area contributed by atoms with Gasteiger partial charge in [0.05, 0.1) is 0 Å². The van der Waals surface area contributed by atoms with Gasteiger partial charge in [-0.25, -0.2) is 9.97 Å². The highest BCUT2D eigenvalue weighted by Gasteiger charge is 2.13. The fraction of sp³-hybridized carbons (Fsp3) is 0.105. The van der Waals surface area contributed by atoms with Crippen LogP contribution < -0.4 is 20.1 Å². The van der Waals surface area contributed by atoms with Crippen LogP contribution in [-0.2, 0) is 0 Å². The minimum atomic E-state index is -0.302. The van der Waals surface area contributed by atoms with Gasteiger partial charge in [-0.3, -0.25) is 4.79 Å². The monoisotopic (exact) mass is 348 g/mol. The van der Waals surface area contributed by atoms with Crippen molar-refractivity contribution in [3.8, 4) is 11.5 Å². The van der Waals surface area contributed by atoms with Crippen LogP contribution in [0.25, 0.3) is 0 Å². The molecule has 2 N–H and O–H groups in total. The molecule has 7 nitrogen and oxygen atoms in total. The first-order chi connectivity index (χ1) is 12.8. The van der Waals surface area contributed by atoms with Gasteiger partial charge >= 0.3 is 0 Å². The molecule has 0 spiro atoms. The average molecular weight is 348 g/mol. The summed E-state index contributed by atoms with van der Waals surface area (Å²) in [6, 6.07) is 16.3. The number of carbonyl (C=O) groups is 1. The molecule has 1 amide bonds. The van der Waals surface area contributed by atoms with E-state index < -0.39 is 0 Å². The number of hydrogen-bond acceptors (Lipinski definition) is 6. The third-order valence-corrected chi connectivity index (χ3v) is 3.72. The van der Waals surface area contributed by atoms with Crippen molar-refractivity contribution >= 4 is 23.2 Å². The van der Waals surface area contributed by atoms with Crippen molar-refractivity contribution in [3.05, 3.63) is 66.5 Å². The molecular weight excluding hydrogens is 332 g/mol. The molecule has 0 radical (unpaired) electrons. The van der Waals surface area contributed by atoms with Crippen LogP contribution in [-0.4, -0.2) is 29.1 Å². The fourth-order valence-electron chi connectivity index (χ4n) is 2.51. The smallest absolute Gasteiger partial charge is 0.274 e. The summed E-state index contributed by atoms with van der Waals surface area (Å²) in [6.07, 6.45) is 1.53. The third-order valence-electron chi connectivity index (χ3n) is 3.72. The summed E-state index contributed by atoms with van der Waals surface area (Å²) in [6.45, 7) is 1.06. The number of nitrogens with one attached hydrogen (secondary N) is 2. The molecule has 0 fully saturated rings. The Kier molecular flexibility index (Phi) is 4.34. The summed E-state index contributed by atoms with van der Waals surface area (Å²) >= 11 is 0. The van der Waals surface area contributed by atoms with Crippen molar-refractivity contribution in [1.29, 1.82) is 0 Å². The molecule has 0 saturated carbocycles. The van der Waals surface area contributed by atoms with E-state index in [0.29, 0.717) is 36.3 Å². The highest BCUT2D eigenvalue weighted by Crippen LogP contribution is 2.33. The molecule has 4 rings (SSSR count). The number of nitrogens with zero attached hydrogens (tertiary/aromatic N) is 2. The number of carbonyl (C=O) groups excluding carboxylic acids is 1. The number of aromatic nitrogens is 2. The summed E-state index contributed by atoms with van der Waals surface area (Å²) < 4.78 is 11.1. The Balaban J connectivity index is 1.50. The average Bonchev–Trinajstić information content (AvgIpc) is 2.69. The first-order valence-corrected chi connectivity index (χ1v) is 8.14. The number of para-hydroxylation sites is 1. The van der Waals surface area contributed by atoms with Crippen LogP contribution in [0.1, 0.15) is 10.5 Å². The lowest BCUT2D eigenvalue weighted by molar-refractivity contribution is 0.102. The zero-order chi connectivity index (χ0) is 17.8. The van der Waals surface area contributed by atoms with Crippen LogP contribution in [0.3, 0.4) is 0 Å². The Morgan fingerprint density at radius 2 is 1.73 bits per heavy atom. The standard InChI is InChI=1S/C19H16N4O3/c24-18(21-13-4-2-1-3-5-13)15-8-9-20-19(23-15)22-14-6-7-16-17(12-14)26-11-10-25-16/h1-9,12H,10-11H2,(H,21,24)(H,20,22,23). The van der Waals surface area contributed by atoms with Crippen molar-refractivity contribution in [2.45, 2.75) is 0 Å². The van der Waals surface area contributed by atoms with Crippen LogP contribution in [0, 0.1) is 0 Å².